The Morgan fingerprint density at radius 3 is 3.08 bits per heavy atom. The molecule has 1 aliphatic carbocycles. The summed E-state index contributed by atoms with van der Waals surface area (Å²) < 4.78 is 1.45. The van der Waals surface area contributed by atoms with Crippen LogP contribution in [0.1, 0.15) is 45.9 Å². The van der Waals surface area contributed by atoms with Crippen molar-refractivity contribution in [3.63, 3.8) is 0 Å². The average Bonchev–Trinajstić information content (AvgIpc) is 2.90. The lowest BCUT2D eigenvalue weighted by Gasteiger charge is -2.27. The first-order valence-corrected chi connectivity index (χ1v) is 8.48. The molecule has 0 radical (unpaired) electrons. The minimum Gasteiger partial charge on any atom is -0.393 e. The normalized spacial score (nSPS) is 22.4. The number of nitrogens with zero attached hydrogens (tertiary/aromatic N) is 2. The van der Waals surface area contributed by atoms with Crippen LogP contribution in [0.2, 0.25) is 0 Å². The van der Waals surface area contributed by atoms with E-state index in [0.29, 0.717) is 25.1 Å². The van der Waals surface area contributed by atoms with Gasteiger partial charge in [-0.05, 0) is 37.3 Å². The number of hydrogen-bond donors (Lipinski definition) is 3. The van der Waals surface area contributed by atoms with Gasteiger partial charge in [-0.1, -0.05) is 18.2 Å². The summed E-state index contributed by atoms with van der Waals surface area (Å²) in [6.07, 6.45) is 2.09. The molecule has 0 saturated heterocycles. The molecule has 1 aliphatic heterocycles. The maximum absolute atomic E-state index is 13.2. The highest BCUT2D eigenvalue weighted by Gasteiger charge is 2.33. The second-order valence-electron chi connectivity index (χ2n) is 6.76. The van der Waals surface area contributed by atoms with Crippen LogP contribution in [0, 0.1) is 6.92 Å². The number of hydrogen-bond acceptors (Lipinski definition) is 5. The van der Waals surface area contributed by atoms with Gasteiger partial charge in [0.25, 0.3) is 5.91 Å². The Kier molecular flexibility index (Phi) is 3.57. The summed E-state index contributed by atoms with van der Waals surface area (Å²) in [6, 6.07) is 6.03. The van der Waals surface area contributed by atoms with Crippen molar-refractivity contribution in [3.8, 4) is 0 Å². The van der Waals surface area contributed by atoms with Gasteiger partial charge in [0.15, 0.2) is 0 Å². The molecule has 2 aromatic rings. The van der Waals surface area contributed by atoms with Gasteiger partial charge >= 0.3 is 0 Å². The summed E-state index contributed by atoms with van der Waals surface area (Å²) in [5, 5.41) is 17.7. The van der Waals surface area contributed by atoms with Gasteiger partial charge in [-0.2, -0.15) is 0 Å². The van der Waals surface area contributed by atoms with Gasteiger partial charge in [0.1, 0.15) is 5.82 Å². The molecule has 1 aromatic carbocycles. The number of aliphatic hydroxyl groups excluding tert-OH is 1. The van der Waals surface area contributed by atoms with Crippen LogP contribution in [0.15, 0.2) is 18.2 Å². The van der Waals surface area contributed by atoms with E-state index in [9.17, 15) is 9.90 Å². The number of benzene rings is 1. The predicted molar refractivity (Wildman–Crippen MR) is 92.3 cm³/mol. The number of aliphatic hydroxyl groups is 1. The number of aryl methyl sites for hydroxylation is 1. The van der Waals surface area contributed by atoms with Crippen LogP contribution in [0.25, 0.3) is 0 Å². The number of nitrogens with one attached hydrogen (secondary N) is 1. The Balaban J connectivity index is 1.75. The third kappa shape index (κ3) is 2.29. The standard InChI is InChI=1S/C18H22N4O2/c1-10-3-2-4-12-13(7-8-20-16(10)12)18(24)22-15-9-11(23)5-6-14(15)17(19)21-22/h2-4,11,13,20,23H,5-9H2,1H3,(H2,19,21)/t11-,13+/m1/s1. The van der Waals surface area contributed by atoms with Crippen molar-refractivity contribution in [1.29, 1.82) is 0 Å². The SMILES string of the molecule is Cc1cccc2c1NCC[C@@H]2C(=O)n1nc(N)c2c1C[C@H](O)CC2. The van der Waals surface area contributed by atoms with Crippen LogP contribution in [-0.4, -0.2) is 33.4 Å². The lowest BCUT2D eigenvalue weighted by molar-refractivity contribution is 0.0846. The zero-order chi connectivity index (χ0) is 16.8. The van der Waals surface area contributed by atoms with Crippen molar-refractivity contribution >= 4 is 17.4 Å². The first-order chi connectivity index (χ1) is 11.6. The Hall–Kier alpha value is -2.34. The topological polar surface area (TPSA) is 93.2 Å². The van der Waals surface area contributed by atoms with E-state index in [2.05, 4.69) is 10.4 Å². The van der Waals surface area contributed by atoms with Gasteiger partial charge in [-0.25, -0.2) is 4.68 Å². The first kappa shape index (κ1) is 15.2. The van der Waals surface area contributed by atoms with Crippen LogP contribution < -0.4 is 11.1 Å². The van der Waals surface area contributed by atoms with Crippen LogP contribution in [0.4, 0.5) is 11.5 Å². The third-order valence-corrected chi connectivity index (χ3v) is 5.20. The molecule has 4 N–H and O–H groups in total. The summed E-state index contributed by atoms with van der Waals surface area (Å²) >= 11 is 0. The average molecular weight is 326 g/mol. The molecule has 0 spiro atoms. The van der Waals surface area contributed by atoms with Crippen LogP contribution in [0.3, 0.4) is 0 Å². The number of anilines is 2. The highest BCUT2D eigenvalue weighted by atomic mass is 16.3. The highest BCUT2D eigenvalue weighted by Crippen LogP contribution is 2.36. The molecule has 0 bridgehead atoms. The number of carbonyl (C=O) groups is 1. The van der Waals surface area contributed by atoms with Crippen LogP contribution in [0.5, 0.6) is 0 Å². The molecule has 4 rings (SSSR count). The van der Waals surface area contributed by atoms with E-state index < -0.39 is 6.10 Å². The lowest BCUT2D eigenvalue weighted by Crippen LogP contribution is -2.30. The summed E-state index contributed by atoms with van der Waals surface area (Å²) in [4.78, 5) is 13.2. The molecule has 2 atom stereocenters. The number of fused-ring (bicyclic) bond motifs is 2. The van der Waals surface area contributed by atoms with E-state index in [1.807, 2.05) is 25.1 Å². The molecular formula is C18H22N4O2. The van der Waals surface area contributed by atoms with E-state index in [1.54, 1.807) is 0 Å². The number of carbonyl (C=O) groups excluding carboxylic acids is 1. The Bertz CT molecular complexity index is 812. The molecule has 2 heterocycles. The third-order valence-electron chi connectivity index (χ3n) is 5.20. The number of nitrogen functional groups attached to an aromatic ring is 1. The Labute approximate surface area is 140 Å². The molecule has 2 aliphatic rings. The fourth-order valence-electron chi connectivity index (χ4n) is 3.93. The molecule has 0 amide bonds. The fraction of sp³-hybridized carbons (Fsp3) is 0.444. The van der Waals surface area contributed by atoms with Crippen molar-refractivity contribution in [2.45, 2.75) is 44.6 Å². The van der Waals surface area contributed by atoms with Crippen molar-refractivity contribution in [2.24, 2.45) is 0 Å². The smallest absolute Gasteiger partial charge is 0.254 e. The van der Waals surface area contributed by atoms with Gasteiger partial charge < -0.3 is 16.2 Å². The minimum atomic E-state index is -0.428. The van der Waals surface area contributed by atoms with E-state index >= 15 is 0 Å². The molecular weight excluding hydrogens is 304 g/mol. The molecule has 0 saturated carbocycles. The van der Waals surface area contributed by atoms with E-state index in [-0.39, 0.29) is 11.8 Å². The summed E-state index contributed by atoms with van der Waals surface area (Å²) in [7, 11) is 0. The van der Waals surface area contributed by atoms with Crippen molar-refractivity contribution in [3.05, 3.63) is 40.6 Å². The Morgan fingerprint density at radius 1 is 1.42 bits per heavy atom. The maximum Gasteiger partial charge on any atom is 0.254 e. The lowest BCUT2D eigenvalue weighted by atomic mass is 9.88. The number of nitrogens with two attached hydrogens (primary N) is 1. The van der Waals surface area contributed by atoms with E-state index in [4.69, 9.17) is 5.73 Å². The molecule has 126 valence electrons. The van der Waals surface area contributed by atoms with Crippen molar-refractivity contribution in [1.82, 2.24) is 9.78 Å². The molecule has 24 heavy (non-hydrogen) atoms. The van der Waals surface area contributed by atoms with Gasteiger partial charge in [0.2, 0.25) is 0 Å². The number of para-hydroxylation sites is 1. The van der Waals surface area contributed by atoms with Crippen molar-refractivity contribution < 1.29 is 9.90 Å². The van der Waals surface area contributed by atoms with Crippen LogP contribution in [-0.2, 0) is 12.8 Å². The number of aromatic nitrogens is 2. The van der Waals surface area contributed by atoms with Gasteiger partial charge in [-0.3, -0.25) is 4.79 Å². The van der Waals surface area contributed by atoms with Crippen LogP contribution >= 0.6 is 0 Å². The Morgan fingerprint density at radius 2 is 2.25 bits per heavy atom. The molecule has 1 aromatic heterocycles. The van der Waals surface area contributed by atoms with E-state index in [0.717, 1.165) is 41.0 Å². The maximum atomic E-state index is 13.2. The zero-order valence-corrected chi connectivity index (χ0v) is 13.7. The van der Waals surface area contributed by atoms with Gasteiger partial charge in [0, 0.05) is 24.2 Å². The second-order valence-corrected chi connectivity index (χ2v) is 6.76. The summed E-state index contributed by atoms with van der Waals surface area (Å²) in [5.74, 6) is 0.137. The fourth-order valence-corrected chi connectivity index (χ4v) is 3.93. The monoisotopic (exact) mass is 326 g/mol. The second kappa shape index (κ2) is 5.63. The summed E-state index contributed by atoms with van der Waals surface area (Å²) in [5.41, 5.74) is 10.9. The quantitative estimate of drug-likeness (QED) is 0.744. The van der Waals surface area contributed by atoms with Gasteiger partial charge in [0.05, 0.1) is 17.7 Å². The predicted octanol–water partition coefficient (Wildman–Crippen LogP) is 1.86. The van der Waals surface area contributed by atoms with E-state index in [1.165, 1.54) is 4.68 Å². The molecule has 0 unspecified atom stereocenters. The first-order valence-electron chi connectivity index (χ1n) is 8.48. The highest BCUT2D eigenvalue weighted by molar-refractivity contribution is 5.89. The molecule has 6 heteroatoms. The van der Waals surface area contributed by atoms with Gasteiger partial charge in [-0.15, -0.1) is 5.10 Å². The zero-order valence-electron chi connectivity index (χ0n) is 13.7. The molecule has 0 fully saturated rings. The largest absolute Gasteiger partial charge is 0.393 e. The molecule has 6 nitrogen and oxygen atoms in total. The van der Waals surface area contributed by atoms with Crippen molar-refractivity contribution in [2.75, 3.05) is 17.6 Å². The number of rotatable bonds is 1. The minimum absolute atomic E-state index is 0.0506. The summed E-state index contributed by atoms with van der Waals surface area (Å²) in [6.45, 7) is 2.80.